The van der Waals surface area contributed by atoms with Gasteiger partial charge in [0.05, 0.1) is 11.6 Å². The number of benzene rings is 1. The Morgan fingerprint density at radius 1 is 1.53 bits per heavy atom. The molecule has 0 spiro atoms. The fourth-order valence-corrected chi connectivity index (χ4v) is 1.79. The molecule has 0 aliphatic rings. The van der Waals surface area contributed by atoms with Crippen LogP contribution in [0.5, 0.6) is 0 Å². The molecule has 0 radical (unpaired) electrons. The molecule has 0 aliphatic heterocycles. The number of carbonyl (C=O) groups excluding carboxylic acids is 1. The highest BCUT2D eigenvalue weighted by molar-refractivity contribution is 9.10. The molecule has 0 aromatic heterocycles. The minimum atomic E-state index is -1.08. The molecule has 104 valence electrons. The fraction of sp³-hybridized carbons (Fsp3) is 0.333. The average molecular weight is 331 g/mol. The first-order chi connectivity index (χ1) is 8.95. The number of carboxylic acid groups (broad SMARTS) is 1. The fourth-order valence-electron chi connectivity index (χ4n) is 1.38. The van der Waals surface area contributed by atoms with Crippen LogP contribution in [0.25, 0.3) is 0 Å². The Hall–Kier alpha value is -1.44. The molecule has 1 amide bonds. The van der Waals surface area contributed by atoms with Crippen LogP contribution in [0.15, 0.2) is 22.7 Å². The largest absolute Gasteiger partial charge is 0.478 e. The third-order valence-electron chi connectivity index (χ3n) is 2.43. The minimum absolute atomic E-state index is 0.0725. The number of aromatic carboxylic acids is 1. The Balaban J connectivity index is 2.74. The summed E-state index contributed by atoms with van der Waals surface area (Å²) in [6.07, 6.45) is 0.394. The molecule has 0 heterocycles. The lowest BCUT2D eigenvalue weighted by Crippen LogP contribution is -2.36. The number of carboxylic acids is 1. The summed E-state index contributed by atoms with van der Waals surface area (Å²) in [6, 6.07) is 3.82. The van der Waals surface area contributed by atoms with Gasteiger partial charge >= 0.3 is 5.97 Å². The van der Waals surface area contributed by atoms with Crippen LogP contribution in [-0.2, 0) is 9.53 Å². The number of nitrogens with one attached hydrogen (secondary N) is 1. The zero-order valence-electron chi connectivity index (χ0n) is 10.4. The molecule has 0 aliphatic carbocycles. The van der Waals surface area contributed by atoms with Crippen molar-refractivity contribution in [3.63, 3.8) is 0 Å². The summed E-state index contributed by atoms with van der Waals surface area (Å²) in [7, 11) is 1.53. The van der Waals surface area contributed by atoms with Gasteiger partial charge in [0.1, 0.15) is 0 Å². The molecular weight excluding hydrogens is 316 g/mol. The lowest BCUT2D eigenvalue weighted by molar-refractivity contribution is -0.117. The standard InChI is InChI=1S/C12H15BrN2O4/c1-19-5-4-10(14)11(16)15-7-2-3-9(13)8(6-7)12(17)18/h2-3,6,10H,4-5,14H2,1H3,(H,15,16)(H,17,18). The van der Waals surface area contributed by atoms with E-state index < -0.39 is 12.0 Å². The molecule has 4 N–H and O–H groups in total. The van der Waals surface area contributed by atoms with E-state index in [1.165, 1.54) is 13.2 Å². The normalized spacial score (nSPS) is 11.9. The van der Waals surface area contributed by atoms with Gasteiger partial charge in [-0.3, -0.25) is 4.79 Å². The lowest BCUT2D eigenvalue weighted by atomic mass is 10.1. The molecule has 1 rings (SSSR count). The van der Waals surface area contributed by atoms with Crippen LogP contribution in [0, 0.1) is 0 Å². The molecule has 1 atom stereocenters. The maximum Gasteiger partial charge on any atom is 0.336 e. The summed E-state index contributed by atoms with van der Waals surface area (Å²) in [6.45, 7) is 0.384. The molecule has 0 fully saturated rings. The van der Waals surface area contributed by atoms with Gasteiger partial charge in [-0.05, 0) is 40.5 Å². The number of rotatable bonds is 6. The van der Waals surface area contributed by atoms with E-state index in [9.17, 15) is 9.59 Å². The number of carbonyl (C=O) groups is 2. The van der Waals surface area contributed by atoms with E-state index in [0.717, 1.165) is 0 Å². The quantitative estimate of drug-likeness (QED) is 0.732. The van der Waals surface area contributed by atoms with Crippen LogP contribution in [0.3, 0.4) is 0 Å². The van der Waals surface area contributed by atoms with E-state index in [-0.39, 0.29) is 11.5 Å². The Kier molecular flexibility index (Phi) is 5.94. The molecule has 0 bridgehead atoms. The topological polar surface area (TPSA) is 102 Å². The molecule has 6 nitrogen and oxygen atoms in total. The summed E-state index contributed by atoms with van der Waals surface area (Å²) in [4.78, 5) is 22.7. The Morgan fingerprint density at radius 2 is 2.21 bits per heavy atom. The van der Waals surface area contributed by atoms with Crippen LogP contribution in [0.2, 0.25) is 0 Å². The highest BCUT2D eigenvalue weighted by Crippen LogP contribution is 2.21. The number of hydrogen-bond donors (Lipinski definition) is 3. The summed E-state index contributed by atoms with van der Waals surface area (Å²) in [5, 5.41) is 11.5. The zero-order valence-corrected chi connectivity index (χ0v) is 11.9. The maximum absolute atomic E-state index is 11.7. The Labute approximate surface area is 119 Å². The number of hydrogen-bond acceptors (Lipinski definition) is 4. The summed E-state index contributed by atoms with van der Waals surface area (Å²) >= 11 is 3.13. The second-order valence-electron chi connectivity index (χ2n) is 3.88. The van der Waals surface area contributed by atoms with Gasteiger partial charge in [-0.15, -0.1) is 0 Å². The first-order valence-corrected chi connectivity index (χ1v) is 6.33. The highest BCUT2D eigenvalue weighted by Gasteiger charge is 2.15. The molecule has 1 aromatic carbocycles. The minimum Gasteiger partial charge on any atom is -0.478 e. The van der Waals surface area contributed by atoms with E-state index >= 15 is 0 Å². The third kappa shape index (κ3) is 4.62. The van der Waals surface area contributed by atoms with Gasteiger partial charge in [-0.25, -0.2) is 4.79 Å². The maximum atomic E-state index is 11.7. The van der Waals surface area contributed by atoms with Crippen molar-refractivity contribution in [1.82, 2.24) is 0 Å². The molecule has 1 aromatic rings. The molecule has 1 unspecified atom stereocenters. The molecular formula is C12H15BrN2O4. The van der Waals surface area contributed by atoms with Crippen molar-refractivity contribution in [2.24, 2.45) is 5.73 Å². The van der Waals surface area contributed by atoms with E-state index in [4.69, 9.17) is 15.6 Å². The van der Waals surface area contributed by atoms with Gasteiger partial charge in [0.25, 0.3) is 0 Å². The van der Waals surface area contributed by atoms with Crippen LogP contribution in [-0.4, -0.2) is 36.7 Å². The van der Waals surface area contributed by atoms with Crippen LogP contribution >= 0.6 is 15.9 Å². The number of anilines is 1. The van der Waals surface area contributed by atoms with Crippen molar-refractivity contribution in [3.05, 3.63) is 28.2 Å². The van der Waals surface area contributed by atoms with Crippen molar-refractivity contribution in [1.29, 1.82) is 0 Å². The summed E-state index contributed by atoms with van der Waals surface area (Å²) in [5.74, 6) is -1.46. The number of amides is 1. The van der Waals surface area contributed by atoms with E-state index in [0.29, 0.717) is 23.2 Å². The van der Waals surface area contributed by atoms with Crippen molar-refractivity contribution in [2.75, 3.05) is 19.0 Å². The Bertz CT molecular complexity index is 479. The van der Waals surface area contributed by atoms with Crippen molar-refractivity contribution in [3.8, 4) is 0 Å². The van der Waals surface area contributed by atoms with Gasteiger partial charge < -0.3 is 20.9 Å². The van der Waals surface area contributed by atoms with E-state index in [1.807, 2.05) is 0 Å². The number of ether oxygens (including phenoxy) is 1. The van der Waals surface area contributed by atoms with Crippen LogP contribution < -0.4 is 11.1 Å². The SMILES string of the molecule is COCCC(N)C(=O)Nc1ccc(Br)c(C(=O)O)c1. The van der Waals surface area contributed by atoms with Gasteiger partial charge in [-0.1, -0.05) is 0 Å². The van der Waals surface area contributed by atoms with Crippen molar-refractivity contribution in [2.45, 2.75) is 12.5 Å². The van der Waals surface area contributed by atoms with Crippen LogP contribution in [0.1, 0.15) is 16.8 Å². The monoisotopic (exact) mass is 330 g/mol. The van der Waals surface area contributed by atoms with Crippen LogP contribution in [0.4, 0.5) is 5.69 Å². The third-order valence-corrected chi connectivity index (χ3v) is 3.13. The van der Waals surface area contributed by atoms with Gasteiger partial charge in [0, 0.05) is 23.9 Å². The molecule has 7 heteroatoms. The number of halogens is 1. The smallest absolute Gasteiger partial charge is 0.336 e. The lowest BCUT2D eigenvalue weighted by Gasteiger charge is -2.12. The number of nitrogens with two attached hydrogens (primary N) is 1. The summed E-state index contributed by atoms with van der Waals surface area (Å²) in [5.41, 5.74) is 6.12. The molecule has 0 saturated carbocycles. The van der Waals surface area contributed by atoms with E-state index in [1.54, 1.807) is 12.1 Å². The zero-order chi connectivity index (χ0) is 14.4. The second-order valence-corrected chi connectivity index (χ2v) is 4.73. The first kappa shape index (κ1) is 15.6. The van der Waals surface area contributed by atoms with Gasteiger partial charge in [-0.2, -0.15) is 0 Å². The predicted molar refractivity (Wildman–Crippen MR) is 74.2 cm³/mol. The Morgan fingerprint density at radius 3 is 2.79 bits per heavy atom. The van der Waals surface area contributed by atoms with Gasteiger partial charge in [0.15, 0.2) is 0 Å². The van der Waals surface area contributed by atoms with Crippen molar-refractivity contribution >= 4 is 33.5 Å². The van der Waals surface area contributed by atoms with Crippen molar-refractivity contribution < 1.29 is 19.4 Å². The number of methoxy groups -OCH3 is 1. The average Bonchev–Trinajstić information content (AvgIpc) is 2.37. The van der Waals surface area contributed by atoms with E-state index in [2.05, 4.69) is 21.2 Å². The predicted octanol–water partition coefficient (Wildman–Crippen LogP) is 1.45. The first-order valence-electron chi connectivity index (χ1n) is 5.54. The van der Waals surface area contributed by atoms with Gasteiger partial charge in [0.2, 0.25) is 5.91 Å². The highest BCUT2D eigenvalue weighted by atomic mass is 79.9. The second kappa shape index (κ2) is 7.22. The molecule has 19 heavy (non-hydrogen) atoms. The molecule has 0 saturated heterocycles. The summed E-state index contributed by atoms with van der Waals surface area (Å²) < 4.78 is 5.28.